The maximum Gasteiger partial charge on any atom is 0.179 e. The monoisotopic (exact) mass is 316 g/mol. The molecule has 4 heteroatoms. The lowest BCUT2D eigenvalue weighted by atomic mass is 11.9. The second-order valence-corrected chi connectivity index (χ2v) is 0.598. The van der Waals surface area contributed by atoms with Gasteiger partial charge in [0.2, 0.25) is 0 Å². The summed E-state index contributed by atoms with van der Waals surface area (Å²) in [5.41, 5.74) is 0. The van der Waals surface area contributed by atoms with Crippen molar-refractivity contribution in [3.8, 4) is 0 Å². The molecule has 0 heterocycles. The highest BCUT2D eigenvalue weighted by Gasteiger charge is 1.28. The van der Waals surface area contributed by atoms with E-state index in [0.717, 1.165) is 4.29 Å². The number of rotatable bonds is 0. The van der Waals surface area contributed by atoms with Crippen molar-refractivity contribution in [3.05, 3.63) is 0 Å². The van der Waals surface area contributed by atoms with E-state index in [1.807, 2.05) is 0 Å². The van der Waals surface area contributed by atoms with E-state index in [9.17, 15) is 0 Å². The van der Waals surface area contributed by atoms with Gasteiger partial charge in [-0.1, -0.05) is 28.9 Å². The van der Waals surface area contributed by atoms with Crippen molar-refractivity contribution >= 4 is 55.8 Å². The summed E-state index contributed by atoms with van der Waals surface area (Å²) < 4.78 is 0.720. The Morgan fingerprint density at radius 1 is 1.60 bits per heavy atom. The van der Waals surface area contributed by atoms with Crippen LogP contribution < -0.4 is 0 Å². The molecule has 1 nitrogen and oxygen atoms in total. The molecule has 0 N–H and O–H groups in total. The fraction of sp³-hybridized carbons (Fsp3) is 0. The van der Waals surface area contributed by atoms with Crippen LogP contribution >= 0.6 is 51.5 Å². The zero-order chi connectivity index (χ0) is 4.71. The number of carbonyl (C=O) groups is 1. The summed E-state index contributed by atoms with van der Waals surface area (Å²) in [5, 5.41) is 0. The number of carbonyl (C=O) groups excluding carboxylic acids is 1. The molecule has 0 amide bonds. The second-order valence-electron chi connectivity index (χ2n) is 0.0891. The van der Waals surface area contributed by atoms with E-state index in [-0.39, 0.29) is 0 Å². The lowest BCUT2D eigenvalue weighted by molar-refractivity contribution is 0.572. The Hall–Kier alpha value is 1.56. The molecule has 32 valence electrons. The summed E-state index contributed by atoms with van der Waals surface area (Å²) in [7, 11) is 0. The van der Waals surface area contributed by atoms with Gasteiger partial charge < -0.3 is 0 Å². The van der Waals surface area contributed by atoms with Gasteiger partial charge in [0, 0.05) is 0 Å². The Bertz CT molecular complexity index is 17.1. The average molecular weight is 316 g/mol. The third kappa shape index (κ3) is 29.0. The van der Waals surface area contributed by atoms with Crippen LogP contribution in [0.2, 0.25) is 0 Å². The van der Waals surface area contributed by atoms with Crippen molar-refractivity contribution < 1.29 is 4.79 Å². The Balaban J connectivity index is 0. The molecule has 5 heavy (non-hydrogen) atoms. The highest BCUT2D eigenvalue weighted by Crippen LogP contribution is 1.87. The van der Waals surface area contributed by atoms with Crippen LogP contribution in [0.15, 0.2) is 0 Å². The minimum atomic E-state index is 0.720. The number of hydrogen-bond acceptors (Lipinski definition) is 1. The third-order valence-corrected chi connectivity index (χ3v) is 0. The molecule has 0 saturated heterocycles. The summed E-state index contributed by atoms with van der Waals surface area (Å²) >= 11 is 3.67. The van der Waals surface area contributed by atoms with Crippen molar-refractivity contribution in [2.24, 2.45) is 0 Å². The molecule has 0 rings (SSSR count). The Labute approximate surface area is 60.1 Å². The molecule has 0 aromatic carbocycles. The molecule has 0 saturated carbocycles. The van der Waals surface area contributed by atoms with Gasteiger partial charge in [-0.25, -0.2) is 0 Å². The average Bonchev–Trinajstić information content (AvgIpc) is 1.46. The van der Waals surface area contributed by atoms with Gasteiger partial charge in [0.1, 0.15) is 0 Å². The van der Waals surface area contributed by atoms with Crippen molar-refractivity contribution in [3.63, 3.8) is 0 Å². The van der Waals surface area contributed by atoms with Crippen molar-refractivity contribution in [1.82, 2.24) is 0 Å². The molecule has 1 atom stereocenters. The van der Waals surface area contributed by atoms with E-state index in [1.54, 1.807) is 22.6 Å². The lowest BCUT2D eigenvalue weighted by Gasteiger charge is -1.20. The van der Waals surface area contributed by atoms with E-state index in [2.05, 4.69) is 28.9 Å². The predicted octanol–water partition coefficient (Wildman–Crippen LogP) is 1.82. The molecule has 0 radical (unpaired) electrons. The van der Waals surface area contributed by atoms with Gasteiger partial charge >= 0.3 is 0 Å². The molecule has 0 fully saturated rings. The summed E-state index contributed by atoms with van der Waals surface area (Å²) in [5.74, 6) is 0. The van der Waals surface area contributed by atoms with Crippen LogP contribution in [0.1, 0.15) is 0 Å². The quantitative estimate of drug-likeness (QED) is 0.288. The van der Waals surface area contributed by atoms with Crippen LogP contribution in [0.5, 0.6) is 0 Å². The first-order valence-corrected chi connectivity index (χ1v) is 6.09. The van der Waals surface area contributed by atoms with Crippen LogP contribution in [0, 0.1) is 0 Å². The lowest BCUT2D eigenvalue weighted by Crippen LogP contribution is -1.21. The van der Waals surface area contributed by atoms with E-state index in [1.165, 1.54) is 0 Å². The summed E-state index contributed by atoms with van der Waals surface area (Å²) in [4.78, 5) is 8.79. The standard InChI is InChI=1S/CHIO.H2IP/c2-1-3;1-2/h1H;2H2. The van der Waals surface area contributed by atoms with E-state index in [4.69, 9.17) is 4.79 Å². The smallest absolute Gasteiger partial charge is 0.179 e. The zero-order valence-corrected chi connectivity index (χ0v) is 7.79. The first kappa shape index (κ1) is 9.75. The highest BCUT2D eigenvalue weighted by atomic mass is 127. The van der Waals surface area contributed by atoms with Gasteiger partial charge in [-0.15, -0.1) is 0 Å². The van der Waals surface area contributed by atoms with Crippen molar-refractivity contribution in [2.75, 3.05) is 0 Å². The van der Waals surface area contributed by atoms with E-state index in [0.29, 0.717) is 0 Å². The molecular weight excluding hydrogens is 313 g/mol. The van der Waals surface area contributed by atoms with E-state index >= 15 is 0 Å². The molecule has 0 spiro atoms. The molecule has 0 aromatic rings. The molecule has 0 aromatic heterocycles. The molecule has 1 unspecified atom stereocenters. The van der Waals surface area contributed by atoms with Gasteiger partial charge in [0.25, 0.3) is 0 Å². The fourth-order valence-electron chi connectivity index (χ4n) is 0. The van der Waals surface area contributed by atoms with E-state index < -0.39 is 0 Å². The Morgan fingerprint density at radius 3 is 1.60 bits per heavy atom. The minimum absolute atomic E-state index is 0.720. The van der Waals surface area contributed by atoms with Gasteiger partial charge in [0.15, 0.2) is 4.29 Å². The Morgan fingerprint density at radius 2 is 1.60 bits per heavy atom. The first-order valence-electron chi connectivity index (χ1n) is 0.672. The van der Waals surface area contributed by atoms with Gasteiger partial charge in [-0.2, -0.15) is 0 Å². The predicted molar refractivity (Wildman–Crippen MR) is 44.5 cm³/mol. The second kappa shape index (κ2) is 17.6. The third-order valence-electron chi connectivity index (χ3n) is 0. The summed E-state index contributed by atoms with van der Waals surface area (Å²) in [6.45, 7) is 2.39. The summed E-state index contributed by atoms with van der Waals surface area (Å²) in [6, 6.07) is 0. The van der Waals surface area contributed by atoms with Crippen LogP contribution in [0.4, 0.5) is 0 Å². The maximum absolute atomic E-state index is 8.79. The van der Waals surface area contributed by atoms with Gasteiger partial charge in [0.05, 0.1) is 0 Å². The number of hydrogen-bond donors (Lipinski definition) is 0. The van der Waals surface area contributed by atoms with Crippen LogP contribution in [0.3, 0.4) is 0 Å². The fourth-order valence-corrected chi connectivity index (χ4v) is 0. The van der Waals surface area contributed by atoms with Crippen LogP contribution in [0.25, 0.3) is 0 Å². The minimum Gasteiger partial charge on any atom is -0.292 e. The SMILES string of the molecule is O=CI.PI. The molecule has 0 aliphatic heterocycles. The number of halogens is 2. The normalized spacial score (nSPS) is 3.80. The zero-order valence-electron chi connectivity index (χ0n) is 2.32. The first-order chi connectivity index (χ1) is 2.41. The molecule has 0 bridgehead atoms. The Kier molecular flexibility index (Phi) is 34.4. The maximum atomic E-state index is 8.79. The topological polar surface area (TPSA) is 17.1 Å². The van der Waals surface area contributed by atoms with Crippen molar-refractivity contribution in [1.29, 1.82) is 0 Å². The van der Waals surface area contributed by atoms with Crippen molar-refractivity contribution in [2.45, 2.75) is 0 Å². The van der Waals surface area contributed by atoms with Crippen LogP contribution in [-0.4, -0.2) is 4.29 Å². The highest BCUT2D eigenvalue weighted by molar-refractivity contribution is 14.2. The molecule has 0 aliphatic carbocycles. The summed E-state index contributed by atoms with van der Waals surface area (Å²) in [6.07, 6.45) is 0. The van der Waals surface area contributed by atoms with Crippen LogP contribution in [-0.2, 0) is 4.79 Å². The molecule has 0 aliphatic rings. The van der Waals surface area contributed by atoms with Gasteiger partial charge in [-0.3, -0.25) is 4.79 Å². The largest absolute Gasteiger partial charge is 0.292 e. The van der Waals surface area contributed by atoms with Gasteiger partial charge in [-0.05, 0) is 22.6 Å². The molecular formula is CH3I2OP.